The molecular formula is C17H21N5O2. The molecule has 0 aliphatic heterocycles. The van der Waals surface area contributed by atoms with Crippen LogP contribution in [0.1, 0.15) is 5.56 Å². The van der Waals surface area contributed by atoms with Crippen molar-refractivity contribution >= 4 is 23.4 Å². The Morgan fingerprint density at radius 1 is 1.17 bits per heavy atom. The topological polar surface area (TPSA) is 100 Å². The van der Waals surface area contributed by atoms with Crippen LogP contribution in [0.15, 0.2) is 48.7 Å². The molecule has 3 amide bonds. The molecule has 0 aliphatic carbocycles. The van der Waals surface area contributed by atoms with E-state index < -0.39 is 12.1 Å². The smallest absolute Gasteiger partial charge is 0.312 e. The van der Waals surface area contributed by atoms with E-state index in [4.69, 9.17) is 5.73 Å². The van der Waals surface area contributed by atoms with Gasteiger partial charge in [-0.3, -0.25) is 4.79 Å². The number of carbonyl (C=O) groups excluding carboxylic acids is 2. The number of nitrogens with two attached hydrogens (primary N) is 1. The Hall–Kier alpha value is -3.09. The van der Waals surface area contributed by atoms with Gasteiger partial charge in [0.05, 0.1) is 11.9 Å². The van der Waals surface area contributed by atoms with Gasteiger partial charge in [-0.1, -0.05) is 30.3 Å². The summed E-state index contributed by atoms with van der Waals surface area (Å²) in [4.78, 5) is 29.7. The summed E-state index contributed by atoms with van der Waals surface area (Å²) in [5, 5.41) is 5.22. The number of amides is 3. The fourth-order valence-electron chi connectivity index (χ4n) is 2.18. The van der Waals surface area contributed by atoms with Crippen LogP contribution in [0.3, 0.4) is 0 Å². The molecule has 4 N–H and O–H groups in total. The van der Waals surface area contributed by atoms with Crippen molar-refractivity contribution in [3.8, 4) is 0 Å². The van der Waals surface area contributed by atoms with E-state index in [-0.39, 0.29) is 5.91 Å². The van der Waals surface area contributed by atoms with E-state index >= 15 is 0 Å². The van der Waals surface area contributed by atoms with Gasteiger partial charge in [0.15, 0.2) is 0 Å². The number of benzene rings is 1. The molecule has 7 nitrogen and oxygen atoms in total. The zero-order valence-electron chi connectivity index (χ0n) is 13.7. The van der Waals surface area contributed by atoms with Crippen molar-refractivity contribution in [3.05, 3.63) is 54.2 Å². The highest BCUT2D eigenvalue weighted by Crippen LogP contribution is 2.12. The molecule has 0 unspecified atom stereocenters. The molecule has 0 saturated carbocycles. The number of hydrogen-bond acceptors (Lipinski definition) is 4. The zero-order chi connectivity index (χ0) is 17.5. The second kappa shape index (κ2) is 7.96. The Morgan fingerprint density at radius 2 is 1.88 bits per heavy atom. The second-order valence-electron chi connectivity index (χ2n) is 5.54. The Labute approximate surface area is 140 Å². The maximum Gasteiger partial charge on any atom is 0.312 e. The number of pyridine rings is 1. The summed E-state index contributed by atoms with van der Waals surface area (Å²) >= 11 is 0. The summed E-state index contributed by atoms with van der Waals surface area (Å²) in [5.41, 5.74) is 6.66. The number of primary amides is 1. The van der Waals surface area contributed by atoms with Crippen LogP contribution in [0.25, 0.3) is 0 Å². The molecule has 1 atom stereocenters. The molecule has 1 aromatic heterocycles. The third kappa shape index (κ3) is 4.98. The van der Waals surface area contributed by atoms with Crippen molar-refractivity contribution in [2.24, 2.45) is 5.73 Å². The van der Waals surface area contributed by atoms with E-state index in [1.807, 2.05) is 49.3 Å². The van der Waals surface area contributed by atoms with Crippen molar-refractivity contribution < 1.29 is 9.59 Å². The fourth-order valence-corrected chi connectivity index (χ4v) is 2.18. The Morgan fingerprint density at radius 3 is 2.42 bits per heavy atom. The Bertz CT molecular complexity index is 686. The van der Waals surface area contributed by atoms with Gasteiger partial charge in [-0.05, 0) is 17.7 Å². The van der Waals surface area contributed by atoms with Crippen LogP contribution in [0, 0.1) is 0 Å². The summed E-state index contributed by atoms with van der Waals surface area (Å²) in [5.74, 6) is 0.432. The summed E-state index contributed by atoms with van der Waals surface area (Å²) in [7, 11) is 3.76. The Balaban J connectivity index is 2.08. The summed E-state index contributed by atoms with van der Waals surface area (Å²) in [6.45, 7) is 0. The normalized spacial score (nSPS) is 11.4. The largest absolute Gasteiger partial charge is 0.363 e. The zero-order valence-corrected chi connectivity index (χ0v) is 13.7. The molecule has 0 bridgehead atoms. The van der Waals surface area contributed by atoms with Crippen molar-refractivity contribution in [3.63, 3.8) is 0 Å². The number of aromatic nitrogens is 1. The molecule has 24 heavy (non-hydrogen) atoms. The summed E-state index contributed by atoms with van der Waals surface area (Å²) < 4.78 is 0. The number of urea groups is 1. The van der Waals surface area contributed by atoms with Crippen LogP contribution >= 0.6 is 0 Å². The highest BCUT2D eigenvalue weighted by Gasteiger charge is 2.20. The second-order valence-corrected chi connectivity index (χ2v) is 5.54. The molecule has 0 saturated heterocycles. The lowest BCUT2D eigenvalue weighted by atomic mass is 10.1. The number of hydrogen-bond donors (Lipinski definition) is 3. The van der Waals surface area contributed by atoms with E-state index in [2.05, 4.69) is 15.6 Å². The molecule has 0 fully saturated rings. The first kappa shape index (κ1) is 17.3. The first-order chi connectivity index (χ1) is 11.5. The number of rotatable bonds is 6. The predicted molar refractivity (Wildman–Crippen MR) is 93.8 cm³/mol. The van der Waals surface area contributed by atoms with Crippen LogP contribution in [-0.2, 0) is 11.2 Å². The van der Waals surface area contributed by atoms with E-state index in [0.717, 1.165) is 11.4 Å². The van der Waals surface area contributed by atoms with E-state index in [1.165, 1.54) is 0 Å². The number of nitrogens with zero attached hydrogens (tertiary/aromatic N) is 2. The molecule has 0 radical (unpaired) electrons. The van der Waals surface area contributed by atoms with E-state index in [1.54, 1.807) is 18.3 Å². The van der Waals surface area contributed by atoms with Gasteiger partial charge in [0.25, 0.3) is 0 Å². The third-order valence-corrected chi connectivity index (χ3v) is 3.39. The van der Waals surface area contributed by atoms with Gasteiger partial charge >= 0.3 is 6.03 Å². The van der Waals surface area contributed by atoms with E-state index in [0.29, 0.717) is 12.1 Å². The minimum Gasteiger partial charge on any atom is -0.363 e. The van der Waals surface area contributed by atoms with Gasteiger partial charge in [0.1, 0.15) is 11.9 Å². The number of nitrogens with one attached hydrogen (secondary N) is 2. The Kier molecular flexibility index (Phi) is 5.73. The minimum absolute atomic E-state index is 0.346. The van der Waals surface area contributed by atoms with Crippen molar-refractivity contribution in [2.45, 2.75) is 12.5 Å². The highest BCUT2D eigenvalue weighted by atomic mass is 16.2. The number of anilines is 2. The van der Waals surface area contributed by atoms with Crippen LogP contribution in [0.4, 0.5) is 16.3 Å². The quantitative estimate of drug-likeness (QED) is 0.746. The fraction of sp³-hybridized carbons (Fsp3) is 0.235. The number of carbonyl (C=O) groups is 2. The maximum atomic E-state index is 12.5. The van der Waals surface area contributed by atoms with Crippen molar-refractivity contribution in [1.29, 1.82) is 0 Å². The molecular weight excluding hydrogens is 306 g/mol. The average Bonchev–Trinajstić information content (AvgIpc) is 2.55. The molecule has 2 rings (SSSR count). The van der Waals surface area contributed by atoms with Crippen LogP contribution in [0.5, 0.6) is 0 Å². The molecule has 126 valence electrons. The molecule has 1 heterocycles. The van der Waals surface area contributed by atoms with E-state index in [9.17, 15) is 9.59 Å². The van der Waals surface area contributed by atoms with Crippen LogP contribution < -0.4 is 21.3 Å². The highest BCUT2D eigenvalue weighted by molar-refractivity contribution is 5.97. The van der Waals surface area contributed by atoms with Crippen LogP contribution in [-0.4, -0.2) is 37.1 Å². The lowest BCUT2D eigenvalue weighted by Crippen LogP contribution is -2.47. The third-order valence-electron chi connectivity index (χ3n) is 3.39. The lowest BCUT2D eigenvalue weighted by molar-refractivity contribution is -0.117. The lowest BCUT2D eigenvalue weighted by Gasteiger charge is -2.18. The first-order valence-electron chi connectivity index (χ1n) is 7.50. The van der Waals surface area contributed by atoms with Gasteiger partial charge in [0.2, 0.25) is 5.91 Å². The first-order valence-corrected chi connectivity index (χ1v) is 7.50. The summed E-state index contributed by atoms with van der Waals surface area (Å²) in [6, 6.07) is 11.4. The van der Waals surface area contributed by atoms with Gasteiger partial charge in [0, 0.05) is 20.5 Å². The van der Waals surface area contributed by atoms with Gasteiger partial charge < -0.3 is 21.3 Å². The molecule has 0 aliphatic rings. The van der Waals surface area contributed by atoms with Gasteiger partial charge in [-0.25, -0.2) is 9.78 Å². The molecule has 0 spiro atoms. The van der Waals surface area contributed by atoms with Crippen molar-refractivity contribution in [1.82, 2.24) is 10.3 Å². The average molecular weight is 327 g/mol. The van der Waals surface area contributed by atoms with Crippen molar-refractivity contribution in [2.75, 3.05) is 24.3 Å². The monoisotopic (exact) mass is 327 g/mol. The molecule has 7 heteroatoms. The standard InChI is InChI=1S/C17H21N5O2/c1-22(2)15-9-8-13(11-19-15)20-16(23)14(21-17(18)24)10-12-6-4-3-5-7-12/h3-9,11,14H,10H2,1-2H3,(H,20,23)(H3,18,21,24)/t14-/m1/s1. The minimum atomic E-state index is -0.765. The maximum absolute atomic E-state index is 12.5. The van der Waals surface area contributed by atoms with Crippen LogP contribution in [0.2, 0.25) is 0 Å². The summed E-state index contributed by atoms with van der Waals surface area (Å²) in [6.07, 6.45) is 1.91. The predicted octanol–water partition coefficient (Wildman–Crippen LogP) is 1.37. The SMILES string of the molecule is CN(C)c1ccc(NC(=O)[C@@H](Cc2ccccc2)NC(N)=O)cn1. The molecule has 2 aromatic rings. The molecule has 1 aromatic carbocycles. The van der Waals surface area contributed by atoms with Gasteiger partial charge in [-0.2, -0.15) is 0 Å². The van der Waals surface area contributed by atoms with Gasteiger partial charge in [-0.15, -0.1) is 0 Å².